The van der Waals surface area contributed by atoms with E-state index in [1.54, 1.807) is 12.3 Å². The van der Waals surface area contributed by atoms with E-state index < -0.39 is 0 Å². The molecule has 2 heterocycles. The van der Waals surface area contributed by atoms with Gasteiger partial charge in [0.1, 0.15) is 4.60 Å². The third kappa shape index (κ3) is 2.66. The van der Waals surface area contributed by atoms with Crippen LogP contribution in [-0.2, 0) is 0 Å². The van der Waals surface area contributed by atoms with Gasteiger partial charge in [-0.15, -0.1) is 0 Å². The number of nitrogens with zero attached hydrogens (tertiary/aromatic N) is 3. The van der Waals surface area contributed by atoms with Crippen molar-refractivity contribution in [2.24, 2.45) is 0 Å². The van der Waals surface area contributed by atoms with Crippen molar-refractivity contribution in [3.05, 3.63) is 28.5 Å². The molecule has 1 fully saturated rings. The van der Waals surface area contributed by atoms with Crippen molar-refractivity contribution in [3.63, 3.8) is 0 Å². The third-order valence-electron chi connectivity index (χ3n) is 3.17. The SMILES string of the molecule is CN(C)C1CCN(C(=O)c2cccnc2Br)C1. The maximum Gasteiger partial charge on any atom is 0.256 e. The van der Waals surface area contributed by atoms with Gasteiger partial charge >= 0.3 is 0 Å². The molecule has 1 aromatic rings. The van der Waals surface area contributed by atoms with Crippen LogP contribution in [-0.4, -0.2) is 53.9 Å². The second kappa shape index (κ2) is 5.14. The molecule has 0 radical (unpaired) electrons. The minimum Gasteiger partial charge on any atom is -0.337 e. The fourth-order valence-electron chi connectivity index (χ4n) is 2.06. The van der Waals surface area contributed by atoms with Gasteiger partial charge in [-0.25, -0.2) is 4.98 Å². The zero-order valence-corrected chi connectivity index (χ0v) is 11.6. The van der Waals surface area contributed by atoms with Gasteiger partial charge in [0, 0.05) is 25.3 Å². The van der Waals surface area contributed by atoms with Crippen molar-refractivity contribution in [2.45, 2.75) is 12.5 Å². The van der Waals surface area contributed by atoms with Crippen LogP contribution in [0.4, 0.5) is 0 Å². The van der Waals surface area contributed by atoms with Gasteiger partial charge in [-0.05, 0) is 48.6 Å². The molecule has 1 aliphatic rings. The molecule has 17 heavy (non-hydrogen) atoms. The predicted molar refractivity (Wildman–Crippen MR) is 69.9 cm³/mol. The predicted octanol–water partition coefficient (Wildman–Crippen LogP) is 1.62. The molecule has 2 rings (SSSR count). The zero-order valence-electron chi connectivity index (χ0n) is 10.1. The summed E-state index contributed by atoms with van der Waals surface area (Å²) in [5.74, 6) is 0.0642. The number of likely N-dealkylation sites (N-methyl/N-ethyl adjacent to an activating group) is 1. The Morgan fingerprint density at radius 2 is 2.35 bits per heavy atom. The smallest absolute Gasteiger partial charge is 0.256 e. The maximum absolute atomic E-state index is 12.3. The first-order valence-electron chi connectivity index (χ1n) is 5.66. The maximum atomic E-state index is 12.3. The van der Waals surface area contributed by atoms with Crippen LogP contribution in [0, 0.1) is 0 Å². The highest BCUT2D eigenvalue weighted by Gasteiger charge is 2.28. The number of hydrogen-bond acceptors (Lipinski definition) is 3. The van der Waals surface area contributed by atoms with Crippen LogP contribution < -0.4 is 0 Å². The molecule has 0 aliphatic carbocycles. The van der Waals surface area contributed by atoms with Gasteiger partial charge < -0.3 is 9.80 Å². The lowest BCUT2D eigenvalue weighted by atomic mass is 10.2. The molecule has 1 unspecified atom stereocenters. The lowest BCUT2D eigenvalue weighted by Gasteiger charge is -2.20. The van der Waals surface area contributed by atoms with E-state index in [1.165, 1.54) is 0 Å². The molecule has 1 saturated heterocycles. The summed E-state index contributed by atoms with van der Waals surface area (Å²) in [5.41, 5.74) is 0.645. The number of hydrogen-bond donors (Lipinski definition) is 0. The molecular formula is C12H16BrN3O. The van der Waals surface area contributed by atoms with E-state index in [0.29, 0.717) is 16.2 Å². The van der Waals surface area contributed by atoms with Crippen molar-refractivity contribution in [1.82, 2.24) is 14.8 Å². The second-order valence-electron chi connectivity index (χ2n) is 4.50. The molecular weight excluding hydrogens is 282 g/mol. The molecule has 92 valence electrons. The lowest BCUT2D eigenvalue weighted by molar-refractivity contribution is 0.0781. The Hall–Kier alpha value is -0.940. The number of halogens is 1. The molecule has 0 N–H and O–H groups in total. The number of carbonyl (C=O) groups is 1. The van der Waals surface area contributed by atoms with Crippen LogP contribution in [0.15, 0.2) is 22.9 Å². The van der Waals surface area contributed by atoms with Crippen molar-refractivity contribution in [2.75, 3.05) is 27.2 Å². The van der Waals surface area contributed by atoms with E-state index in [9.17, 15) is 4.79 Å². The number of aromatic nitrogens is 1. The molecule has 0 aromatic carbocycles. The Kier molecular flexibility index (Phi) is 3.79. The second-order valence-corrected chi connectivity index (χ2v) is 5.25. The van der Waals surface area contributed by atoms with Crippen LogP contribution in [0.2, 0.25) is 0 Å². The van der Waals surface area contributed by atoms with Crippen molar-refractivity contribution in [3.8, 4) is 0 Å². The van der Waals surface area contributed by atoms with Crippen LogP contribution in [0.25, 0.3) is 0 Å². The molecule has 0 spiro atoms. The number of likely N-dealkylation sites (tertiary alicyclic amines) is 1. The van der Waals surface area contributed by atoms with Crippen LogP contribution >= 0.6 is 15.9 Å². The number of carbonyl (C=O) groups excluding carboxylic acids is 1. The van der Waals surface area contributed by atoms with Gasteiger partial charge in [-0.1, -0.05) is 0 Å². The Balaban J connectivity index is 2.10. The Labute approximate surface area is 110 Å². The summed E-state index contributed by atoms with van der Waals surface area (Å²) in [7, 11) is 4.11. The Morgan fingerprint density at radius 3 is 2.94 bits per heavy atom. The van der Waals surface area contributed by atoms with Gasteiger partial charge in [-0.2, -0.15) is 0 Å². The summed E-state index contributed by atoms with van der Waals surface area (Å²) in [5, 5.41) is 0. The summed E-state index contributed by atoms with van der Waals surface area (Å²) in [6.45, 7) is 1.62. The fourth-order valence-corrected chi connectivity index (χ4v) is 2.48. The highest BCUT2D eigenvalue weighted by molar-refractivity contribution is 9.10. The third-order valence-corrected chi connectivity index (χ3v) is 3.80. The van der Waals surface area contributed by atoms with Gasteiger partial charge in [0.2, 0.25) is 0 Å². The standard InChI is InChI=1S/C12H16BrN3O/c1-15(2)9-5-7-16(8-9)12(17)10-4-3-6-14-11(10)13/h3-4,6,9H,5,7-8H2,1-2H3. The molecule has 4 nitrogen and oxygen atoms in total. The monoisotopic (exact) mass is 297 g/mol. The molecule has 1 atom stereocenters. The van der Waals surface area contributed by atoms with Gasteiger partial charge in [0.25, 0.3) is 5.91 Å². The van der Waals surface area contributed by atoms with Gasteiger partial charge in [-0.3, -0.25) is 4.79 Å². The van der Waals surface area contributed by atoms with E-state index in [0.717, 1.165) is 19.5 Å². The lowest BCUT2D eigenvalue weighted by Crippen LogP contribution is -2.34. The number of pyridine rings is 1. The zero-order chi connectivity index (χ0) is 12.4. The largest absolute Gasteiger partial charge is 0.337 e. The summed E-state index contributed by atoms with van der Waals surface area (Å²) in [4.78, 5) is 20.4. The summed E-state index contributed by atoms with van der Waals surface area (Å²) < 4.78 is 0.623. The van der Waals surface area contributed by atoms with Crippen molar-refractivity contribution in [1.29, 1.82) is 0 Å². The van der Waals surface area contributed by atoms with E-state index in [1.807, 2.05) is 11.0 Å². The normalized spacial score (nSPS) is 20.0. The molecule has 1 amide bonds. The summed E-state index contributed by atoms with van der Waals surface area (Å²) in [6.07, 6.45) is 2.71. The van der Waals surface area contributed by atoms with Crippen molar-refractivity contribution < 1.29 is 4.79 Å². The molecule has 1 aliphatic heterocycles. The quantitative estimate of drug-likeness (QED) is 0.779. The highest BCUT2D eigenvalue weighted by atomic mass is 79.9. The molecule has 0 saturated carbocycles. The first kappa shape index (κ1) is 12.5. The van der Waals surface area contributed by atoms with E-state index >= 15 is 0 Å². The highest BCUT2D eigenvalue weighted by Crippen LogP contribution is 2.20. The average molecular weight is 298 g/mol. The van der Waals surface area contributed by atoms with Crippen LogP contribution in [0.3, 0.4) is 0 Å². The van der Waals surface area contributed by atoms with E-state index in [4.69, 9.17) is 0 Å². The fraction of sp³-hybridized carbons (Fsp3) is 0.500. The van der Waals surface area contributed by atoms with Gasteiger partial charge in [0.05, 0.1) is 5.56 Å². The Morgan fingerprint density at radius 1 is 1.59 bits per heavy atom. The average Bonchev–Trinajstić information content (AvgIpc) is 2.78. The number of rotatable bonds is 2. The first-order valence-corrected chi connectivity index (χ1v) is 6.45. The van der Waals surface area contributed by atoms with E-state index in [2.05, 4.69) is 39.9 Å². The van der Waals surface area contributed by atoms with E-state index in [-0.39, 0.29) is 5.91 Å². The topological polar surface area (TPSA) is 36.4 Å². The van der Waals surface area contributed by atoms with Crippen LogP contribution in [0.5, 0.6) is 0 Å². The minimum atomic E-state index is 0.0642. The molecule has 1 aromatic heterocycles. The van der Waals surface area contributed by atoms with Crippen molar-refractivity contribution >= 4 is 21.8 Å². The van der Waals surface area contributed by atoms with Gasteiger partial charge in [0.15, 0.2) is 0 Å². The number of amides is 1. The first-order chi connectivity index (χ1) is 8.09. The molecule has 0 bridgehead atoms. The summed E-state index contributed by atoms with van der Waals surface area (Å²) >= 11 is 3.32. The van der Waals surface area contributed by atoms with Crippen LogP contribution in [0.1, 0.15) is 16.8 Å². The summed E-state index contributed by atoms with van der Waals surface area (Å²) in [6, 6.07) is 4.06. The Bertz CT molecular complexity index is 422. The molecule has 5 heteroatoms. The minimum absolute atomic E-state index is 0.0642.